The van der Waals surface area contributed by atoms with Crippen molar-refractivity contribution < 1.29 is 9.90 Å². The highest BCUT2D eigenvalue weighted by Gasteiger charge is 2.26. The summed E-state index contributed by atoms with van der Waals surface area (Å²) in [5, 5.41) is 14.0. The third-order valence-electron chi connectivity index (χ3n) is 3.44. The van der Waals surface area contributed by atoms with E-state index >= 15 is 0 Å². The smallest absolute Gasteiger partial charge is 0.317 e. The molecule has 1 aromatic rings. The van der Waals surface area contributed by atoms with E-state index in [2.05, 4.69) is 21.2 Å². The van der Waals surface area contributed by atoms with Gasteiger partial charge in [-0.3, -0.25) is 0 Å². The summed E-state index contributed by atoms with van der Waals surface area (Å²) < 4.78 is 1.04. The molecule has 19 heavy (non-hydrogen) atoms. The molecule has 0 aliphatic carbocycles. The Bertz CT molecular complexity index is 423. The van der Waals surface area contributed by atoms with Gasteiger partial charge in [-0.05, 0) is 53.1 Å². The second-order valence-electron chi connectivity index (χ2n) is 4.71. The number of aliphatic hydroxyl groups excluding tert-OH is 1. The summed E-state index contributed by atoms with van der Waals surface area (Å²) in [6, 6.07) is 2.16. The zero-order chi connectivity index (χ0) is 13.7. The first kappa shape index (κ1) is 14.8. The summed E-state index contributed by atoms with van der Waals surface area (Å²) in [5.74, 6) is 0. The van der Waals surface area contributed by atoms with Gasteiger partial charge >= 0.3 is 6.03 Å². The molecule has 2 heterocycles. The third-order valence-corrected chi connectivity index (χ3v) is 5.37. The van der Waals surface area contributed by atoms with Crippen molar-refractivity contribution in [2.24, 2.45) is 0 Å². The number of hydrogen-bond donors (Lipinski definition) is 2. The largest absolute Gasteiger partial charge is 0.396 e. The molecule has 0 radical (unpaired) electrons. The number of carbonyl (C=O) groups excluding carboxylic acids is 1. The first-order valence-corrected chi connectivity index (χ1v) is 8.27. The van der Waals surface area contributed by atoms with E-state index in [9.17, 15) is 4.79 Å². The first-order valence-electron chi connectivity index (χ1n) is 6.59. The zero-order valence-corrected chi connectivity index (χ0v) is 13.2. The molecule has 0 bridgehead atoms. The third kappa shape index (κ3) is 3.94. The van der Waals surface area contributed by atoms with Gasteiger partial charge in [0.15, 0.2) is 0 Å². The Hall–Kier alpha value is -0.590. The van der Waals surface area contributed by atoms with E-state index < -0.39 is 0 Å². The van der Waals surface area contributed by atoms with Crippen LogP contribution in [0.25, 0.3) is 0 Å². The molecule has 0 aromatic carbocycles. The Morgan fingerprint density at radius 3 is 3.11 bits per heavy atom. The normalized spacial score (nSPS) is 19.5. The number of piperidine rings is 1. The number of nitrogens with zero attached hydrogens (tertiary/aromatic N) is 1. The lowest BCUT2D eigenvalue weighted by molar-refractivity contribution is 0.131. The average Bonchev–Trinajstić information content (AvgIpc) is 2.82. The SMILES string of the molecule is O=C(NCc1sccc1Br)N1CCCC[C@@H]1CCO. The van der Waals surface area contributed by atoms with Crippen LogP contribution in [0.2, 0.25) is 0 Å². The number of nitrogens with one attached hydrogen (secondary N) is 1. The molecule has 0 saturated carbocycles. The molecule has 1 fully saturated rings. The topological polar surface area (TPSA) is 52.6 Å². The standard InChI is InChI=1S/C13H19BrN2O2S/c14-11-5-8-19-12(11)9-15-13(18)16-6-2-1-3-10(16)4-7-17/h5,8,10,17H,1-4,6-7,9H2,(H,15,18)/t10-/m1/s1. The fraction of sp³-hybridized carbons (Fsp3) is 0.615. The Kier molecular flexibility index (Phi) is 5.66. The second kappa shape index (κ2) is 7.26. The summed E-state index contributed by atoms with van der Waals surface area (Å²) in [6.45, 7) is 1.49. The van der Waals surface area contributed by atoms with Crippen LogP contribution in [0.15, 0.2) is 15.9 Å². The van der Waals surface area contributed by atoms with E-state index in [-0.39, 0.29) is 18.7 Å². The number of thiophene rings is 1. The molecule has 6 heteroatoms. The summed E-state index contributed by atoms with van der Waals surface area (Å²) >= 11 is 5.09. The molecule has 1 aliphatic rings. The zero-order valence-electron chi connectivity index (χ0n) is 10.8. The van der Waals surface area contributed by atoms with Crippen molar-refractivity contribution >= 4 is 33.3 Å². The maximum absolute atomic E-state index is 12.2. The van der Waals surface area contributed by atoms with Crippen LogP contribution >= 0.6 is 27.3 Å². The second-order valence-corrected chi connectivity index (χ2v) is 6.56. The van der Waals surface area contributed by atoms with Crippen LogP contribution < -0.4 is 5.32 Å². The molecule has 0 spiro atoms. The van der Waals surface area contributed by atoms with Gasteiger partial charge in [-0.1, -0.05) is 0 Å². The number of hydrogen-bond acceptors (Lipinski definition) is 3. The number of urea groups is 1. The highest BCUT2D eigenvalue weighted by atomic mass is 79.9. The van der Waals surface area contributed by atoms with Gasteiger partial charge in [0, 0.05) is 28.5 Å². The monoisotopic (exact) mass is 346 g/mol. The Morgan fingerprint density at radius 1 is 1.58 bits per heavy atom. The maximum atomic E-state index is 12.2. The molecule has 1 aliphatic heterocycles. The van der Waals surface area contributed by atoms with Crippen molar-refractivity contribution in [2.75, 3.05) is 13.2 Å². The predicted octanol–water partition coefficient (Wildman–Crippen LogP) is 2.96. The summed E-state index contributed by atoms with van der Waals surface area (Å²) in [6.07, 6.45) is 3.87. The fourth-order valence-corrected chi connectivity index (χ4v) is 3.86. The van der Waals surface area contributed by atoms with E-state index in [1.807, 2.05) is 16.3 Å². The molecular formula is C13H19BrN2O2S. The summed E-state index contributed by atoms with van der Waals surface area (Å²) in [7, 11) is 0. The molecule has 2 rings (SSSR count). The van der Waals surface area contributed by atoms with Crippen LogP contribution in [-0.4, -0.2) is 35.2 Å². The van der Waals surface area contributed by atoms with Gasteiger partial charge in [-0.2, -0.15) is 0 Å². The van der Waals surface area contributed by atoms with Crippen molar-refractivity contribution in [1.82, 2.24) is 10.2 Å². The summed E-state index contributed by atoms with van der Waals surface area (Å²) in [4.78, 5) is 15.2. The molecule has 106 valence electrons. The van der Waals surface area contributed by atoms with Crippen LogP contribution in [0.4, 0.5) is 4.79 Å². The maximum Gasteiger partial charge on any atom is 0.317 e. The quantitative estimate of drug-likeness (QED) is 0.880. The Balaban J connectivity index is 1.89. The minimum Gasteiger partial charge on any atom is -0.396 e. The first-order chi connectivity index (χ1) is 9.22. The van der Waals surface area contributed by atoms with Crippen molar-refractivity contribution in [2.45, 2.75) is 38.3 Å². The lowest BCUT2D eigenvalue weighted by atomic mass is 10.0. The van der Waals surface area contributed by atoms with Crippen LogP contribution in [0, 0.1) is 0 Å². The number of rotatable bonds is 4. The van der Waals surface area contributed by atoms with Gasteiger partial charge in [-0.15, -0.1) is 11.3 Å². The molecule has 0 unspecified atom stereocenters. The highest BCUT2D eigenvalue weighted by Crippen LogP contribution is 2.23. The van der Waals surface area contributed by atoms with Crippen LogP contribution in [0.1, 0.15) is 30.6 Å². The number of likely N-dealkylation sites (tertiary alicyclic amines) is 1. The van der Waals surface area contributed by atoms with E-state index in [1.54, 1.807) is 11.3 Å². The Morgan fingerprint density at radius 2 is 2.42 bits per heavy atom. The van der Waals surface area contributed by atoms with Gasteiger partial charge < -0.3 is 15.3 Å². The van der Waals surface area contributed by atoms with E-state index in [0.717, 1.165) is 35.2 Å². The number of aliphatic hydroxyl groups is 1. The van der Waals surface area contributed by atoms with Gasteiger partial charge in [0.05, 0.1) is 6.54 Å². The number of amides is 2. The number of halogens is 1. The van der Waals surface area contributed by atoms with Gasteiger partial charge in [0.2, 0.25) is 0 Å². The Labute approximate surface area is 125 Å². The lowest BCUT2D eigenvalue weighted by Gasteiger charge is -2.35. The molecule has 1 saturated heterocycles. The van der Waals surface area contributed by atoms with Gasteiger partial charge in [0.1, 0.15) is 0 Å². The molecule has 2 amide bonds. The van der Waals surface area contributed by atoms with Crippen molar-refractivity contribution in [1.29, 1.82) is 0 Å². The fourth-order valence-electron chi connectivity index (χ4n) is 2.43. The molecule has 1 atom stereocenters. The minimum atomic E-state index is -0.0153. The van der Waals surface area contributed by atoms with Crippen molar-refractivity contribution in [3.8, 4) is 0 Å². The molecule has 2 N–H and O–H groups in total. The van der Waals surface area contributed by atoms with E-state index in [0.29, 0.717) is 13.0 Å². The van der Waals surface area contributed by atoms with Gasteiger partial charge in [0.25, 0.3) is 0 Å². The van der Waals surface area contributed by atoms with E-state index in [1.165, 1.54) is 0 Å². The minimum absolute atomic E-state index is 0.0153. The lowest BCUT2D eigenvalue weighted by Crippen LogP contribution is -2.48. The molecule has 4 nitrogen and oxygen atoms in total. The highest BCUT2D eigenvalue weighted by molar-refractivity contribution is 9.10. The van der Waals surface area contributed by atoms with Crippen LogP contribution in [-0.2, 0) is 6.54 Å². The summed E-state index contributed by atoms with van der Waals surface area (Å²) in [5.41, 5.74) is 0. The van der Waals surface area contributed by atoms with Crippen molar-refractivity contribution in [3.05, 3.63) is 20.8 Å². The molecular weight excluding hydrogens is 328 g/mol. The van der Waals surface area contributed by atoms with Crippen LogP contribution in [0.5, 0.6) is 0 Å². The number of carbonyl (C=O) groups is 1. The van der Waals surface area contributed by atoms with Crippen LogP contribution in [0.3, 0.4) is 0 Å². The van der Waals surface area contributed by atoms with E-state index in [4.69, 9.17) is 5.11 Å². The molecule has 1 aromatic heterocycles. The van der Waals surface area contributed by atoms with Gasteiger partial charge in [-0.25, -0.2) is 4.79 Å². The predicted molar refractivity (Wildman–Crippen MR) is 80.3 cm³/mol. The average molecular weight is 347 g/mol. The van der Waals surface area contributed by atoms with Crippen molar-refractivity contribution in [3.63, 3.8) is 0 Å².